The van der Waals surface area contributed by atoms with Gasteiger partial charge in [0.1, 0.15) is 5.82 Å². The summed E-state index contributed by atoms with van der Waals surface area (Å²) in [7, 11) is 0. The first kappa shape index (κ1) is 24.5. The average molecular weight is 466 g/mol. The molecule has 4 heteroatoms. The van der Waals surface area contributed by atoms with E-state index in [4.69, 9.17) is 4.98 Å². The van der Waals surface area contributed by atoms with Gasteiger partial charge in [-0.25, -0.2) is 4.98 Å². The summed E-state index contributed by atoms with van der Waals surface area (Å²) in [5.41, 5.74) is 7.85. The van der Waals surface area contributed by atoms with Gasteiger partial charge in [-0.15, -0.1) is 0 Å². The maximum absolute atomic E-state index is 12.3. The molecule has 0 radical (unpaired) electrons. The summed E-state index contributed by atoms with van der Waals surface area (Å²) in [6, 6.07) is 22.9. The number of rotatable bonds is 5. The van der Waals surface area contributed by atoms with E-state index in [1.165, 1.54) is 11.1 Å². The Kier molecular flexibility index (Phi) is 6.66. The van der Waals surface area contributed by atoms with Crippen LogP contribution >= 0.6 is 0 Å². The van der Waals surface area contributed by atoms with E-state index in [-0.39, 0.29) is 16.7 Å². The fourth-order valence-electron chi connectivity index (χ4n) is 3.91. The van der Waals surface area contributed by atoms with Gasteiger partial charge in [-0.3, -0.25) is 4.79 Å². The summed E-state index contributed by atoms with van der Waals surface area (Å²) in [4.78, 5) is 20.5. The summed E-state index contributed by atoms with van der Waals surface area (Å²) in [5.74, 6) is 0.734. The number of nitrogens with zero attached hydrogens (tertiary/aromatic N) is 1. The molecule has 0 saturated carbocycles. The van der Waals surface area contributed by atoms with Crippen LogP contribution in [-0.4, -0.2) is 15.9 Å². The molecule has 0 aliphatic rings. The highest BCUT2D eigenvalue weighted by Crippen LogP contribution is 2.27. The number of fused-ring (bicyclic) bond motifs is 1. The normalized spacial score (nSPS) is 12.4. The first-order chi connectivity index (χ1) is 16.5. The Labute approximate surface area is 208 Å². The zero-order chi connectivity index (χ0) is 25.2. The Hall–Kier alpha value is -3.66. The van der Waals surface area contributed by atoms with Crippen molar-refractivity contribution in [1.82, 2.24) is 15.3 Å². The van der Waals surface area contributed by atoms with Crippen molar-refractivity contribution in [2.24, 2.45) is 0 Å². The van der Waals surface area contributed by atoms with Gasteiger partial charge in [0.2, 0.25) is 5.91 Å². The lowest BCUT2D eigenvalue weighted by atomic mass is 9.87. The maximum Gasteiger partial charge on any atom is 0.244 e. The van der Waals surface area contributed by atoms with Crippen molar-refractivity contribution in [3.05, 3.63) is 95.1 Å². The highest BCUT2D eigenvalue weighted by atomic mass is 16.1. The van der Waals surface area contributed by atoms with E-state index in [0.717, 1.165) is 33.5 Å². The van der Waals surface area contributed by atoms with Crippen LogP contribution in [0, 0.1) is 0 Å². The molecule has 180 valence electrons. The number of carbonyl (C=O) groups excluding carboxylic acids is 1. The molecule has 3 aromatic carbocycles. The smallest absolute Gasteiger partial charge is 0.244 e. The maximum atomic E-state index is 12.3. The van der Waals surface area contributed by atoms with Crippen LogP contribution in [0.4, 0.5) is 0 Å². The molecular formula is C31H35N3O. The van der Waals surface area contributed by atoms with Crippen molar-refractivity contribution in [3.63, 3.8) is 0 Å². The molecule has 1 amide bonds. The summed E-state index contributed by atoms with van der Waals surface area (Å²) in [5, 5.41) is 2.95. The quantitative estimate of drug-likeness (QED) is 0.307. The molecule has 0 fully saturated rings. The van der Waals surface area contributed by atoms with Crippen LogP contribution in [0.5, 0.6) is 0 Å². The standard InChI is InChI=1S/C31H35N3O/c1-30(2,3)24-14-9-22(10-15-24)20-32-28(35)18-11-21-7-12-23(13-8-21)29-33-26-17-16-25(31(4,5)6)19-27(26)34-29/h7-19H,20H2,1-6H3,(H,32,35)(H,33,34)/b18-11+. The molecule has 0 aliphatic heterocycles. The van der Waals surface area contributed by atoms with Gasteiger partial charge in [-0.05, 0) is 51.3 Å². The third-order valence-corrected chi connectivity index (χ3v) is 6.25. The monoisotopic (exact) mass is 465 g/mol. The number of hydrogen-bond acceptors (Lipinski definition) is 2. The first-order valence-electron chi connectivity index (χ1n) is 12.1. The molecule has 35 heavy (non-hydrogen) atoms. The van der Waals surface area contributed by atoms with Gasteiger partial charge in [0.15, 0.2) is 0 Å². The fraction of sp³-hybridized carbons (Fsp3) is 0.290. The molecule has 0 atom stereocenters. The molecule has 0 bridgehead atoms. The minimum atomic E-state index is -0.110. The molecule has 1 aromatic heterocycles. The molecule has 2 N–H and O–H groups in total. The summed E-state index contributed by atoms with van der Waals surface area (Å²) >= 11 is 0. The van der Waals surface area contributed by atoms with Crippen LogP contribution in [0.2, 0.25) is 0 Å². The Balaban J connectivity index is 1.37. The summed E-state index contributed by atoms with van der Waals surface area (Å²) in [6.07, 6.45) is 3.41. The molecule has 0 saturated heterocycles. The molecule has 0 unspecified atom stereocenters. The molecule has 4 rings (SSSR count). The van der Waals surface area contributed by atoms with Gasteiger partial charge < -0.3 is 10.3 Å². The van der Waals surface area contributed by atoms with Crippen LogP contribution < -0.4 is 5.32 Å². The SMILES string of the molecule is CC(C)(C)c1ccc(CNC(=O)/C=C/c2ccc(-c3nc4ccc(C(C)(C)C)cc4[nH]3)cc2)cc1. The Morgan fingerprint density at radius 2 is 1.49 bits per heavy atom. The summed E-state index contributed by atoms with van der Waals surface area (Å²) < 4.78 is 0. The second-order valence-electron chi connectivity index (χ2n) is 11.2. The molecule has 0 aliphatic carbocycles. The summed E-state index contributed by atoms with van der Waals surface area (Å²) in [6.45, 7) is 13.7. The number of amides is 1. The second kappa shape index (κ2) is 9.53. The fourth-order valence-corrected chi connectivity index (χ4v) is 3.91. The Morgan fingerprint density at radius 3 is 2.11 bits per heavy atom. The van der Waals surface area contributed by atoms with Crippen molar-refractivity contribution in [2.45, 2.75) is 58.9 Å². The number of carbonyl (C=O) groups is 1. The Morgan fingerprint density at radius 1 is 0.857 bits per heavy atom. The third kappa shape index (κ3) is 6.07. The molecular weight excluding hydrogens is 430 g/mol. The van der Waals surface area contributed by atoms with E-state index < -0.39 is 0 Å². The number of H-pyrrole nitrogens is 1. The van der Waals surface area contributed by atoms with E-state index in [9.17, 15) is 4.79 Å². The van der Waals surface area contributed by atoms with E-state index in [0.29, 0.717) is 6.54 Å². The van der Waals surface area contributed by atoms with Crippen LogP contribution in [0.3, 0.4) is 0 Å². The van der Waals surface area contributed by atoms with Crippen LogP contribution in [0.15, 0.2) is 72.8 Å². The average Bonchev–Trinajstić information content (AvgIpc) is 3.24. The number of hydrogen-bond donors (Lipinski definition) is 2. The van der Waals surface area contributed by atoms with Crippen molar-refractivity contribution < 1.29 is 4.79 Å². The lowest BCUT2D eigenvalue weighted by molar-refractivity contribution is -0.116. The van der Waals surface area contributed by atoms with Crippen LogP contribution in [-0.2, 0) is 22.2 Å². The number of aromatic nitrogens is 2. The first-order valence-corrected chi connectivity index (χ1v) is 12.1. The highest BCUT2D eigenvalue weighted by Gasteiger charge is 2.15. The predicted octanol–water partition coefficient (Wildman–Crippen LogP) is 7.15. The number of aromatic amines is 1. The van der Waals surface area contributed by atoms with Gasteiger partial charge in [-0.2, -0.15) is 0 Å². The minimum absolute atomic E-state index is 0.0939. The van der Waals surface area contributed by atoms with Crippen LogP contribution in [0.25, 0.3) is 28.5 Å². The third-order valence-electron chi connectivity index (χ3n) is 6.25. The molecule has 4 nitrogen and oxygen atoms in total. The van der Waals surface area contributed by atoms with Gasteiger partial charge in [0.05, 0.1) is 11.0 Å². The van der Waals surface area contributed by atoms with Gasteiger partial charge in [0, 0.05) is 18.2 Å². The van der Waals surface area contributed by atoms with Crippen molar-refractivity contribution in [2.75, 3.05) is 0 Å². The molecule has 4 aromatic rings. The molecule has 0 spiro atoms. The largest absolute Gasteiger partial charge is 0.348 e. The number of benzene rings is 3. The van der Waals surface area contributed by atoms with E-state index in [1.807, 2.05) is 30.3 Å². The zero-order valence-corrected chi connectivity index (χ0v) is 21.6. The minimum Gasteiger partial charge on any atom is -0.348 e. The predicted molar refractivity (Wildman–Crippen MR) is 146 cm³/mol. The van der Waals surface area contributed by atoms with Crippen molar-refractivity contribution in [3.8, 4) is 11.4 Å². The van der Waals surface area contributed by atoms with Crippen LogP contribution in [0.1, 0.15) is 63.8 Å². The van der Waals surface area contributed by atoms with Crippen molar-refractivity contribution >= 4 is 23.0 Å². The van der Waals surface area contributed by atoms with E-state index >= 15 is 0 Å². The molecule has 1 heterocycles. The highest BCUT2D eigenvalue weighted by molar-refractivity contribution is 5.91. The van der Waals surface area contributed by atoms with Gasteiger partial charge in [0.25, 0.3) is 0 Å². The van der Waals surface area contributed by atoms with E-state index in [1.54, 1.807) is 6.08 Å². The van der Waals surface area contributed by atoms with Gasteiger partial charge >= 0.3 is 0 Å². The van der Waals surface area contributed by atoms with E-state index in [2.05, 4.69) is 94.3 Å². The number of nitrogens with one attached hydrogen (secondary N) is 2. The zero-order valence-electron chi connectivity index (χ0n) is 21.6. The lowest BCUT2D eigenvalue weighted by Crippen LogP contribution is -2.20. The second-order valence-corrected chi connectivity index (χ2v) is 11.2. The number of imidazole rings is 1. The van der Waals surface area contributed by atoms with Crippen molar-refractivity contribution in [1.29, 1.82) is 0 Å². The van der Waals surface area contributed by atoms with Gasteiger partial charge in [-0.1, -0.05) is 96.1 Å². The Bertz CT molecular complexity index is 1350. The topological polar surface area (TPSA) is 57.8 Å². The lowest BCUT2D eigenvalue weighted by Gasteiger charge is -2.19.